The van der Waals surface area contributed by atoms with Crippen molar-refractivity contribution in [2.24, 2.45) is 0 Å². The lowest BCUT2D eigenvalue weighted by Gasteiger charge is -2.31. The van der Waals surface area contributed by atoms with Crippen LogP contribution in [0.3, 0.4) is 0 Å². The zero-order chi connectivity index (χ0) is 13.4. The Bertz CT molecular complexity index is 595. The van der Waals surface area contributed by atoms with Crippen LogP contribution in [0.2, 0.25) is 0 Å². The maximum absolute atomic E-state index is 10.4. The van der Waals surface area contributed by atoms with Gasteiger partial charge in [-0.05, 0) is 17.7 Å². The van der Waals surface area contributed by atoms with E-state index in [1.165, 1.54) is 6.07 Å². The molecule has 0 aliphatic carbocycles. The first-order chi connectivity index (χ1) is 9.18. The molecule has 4 nitrogen and oxygen atoms in total. The molecule has 0 amide bonds. The van der Waals surface area contributed by atoms with E-state index < -0.39 is 6.10 Å². The van der Waals surface area contributed by atoms with E-state index in [1.54, 1.807) is 6.07 Å². The second-order valence-corrected chi connectivity index (χ2v) is 4.62. The van der Waals surface area contributed by atoms with E-state index >= 15 is 0 Å². The van der Waals surface area contributed by atoms with Crippen LogP contribution in [-0.4, -0.2) is 21.9 Å². The molecule has 1 aliphatic heterocycles. The van der Waals surface area contributed by atoms with Crippen molar-refractivity contribution in [3.8, 4) is 17.2 Å². The van der Waals surface area contributed by atoms with Crippen molar-refractivity contribution < 1.29 is 20.1 Å². The van der Waals surface area contributed by atoms with E-state index in [4.69, 9.17) is 4.74 Å². The molecular weight excluding hydrogens is 244 g/mol. The lowest BCUT2D eigenvalue weighted by molar-refractivity contribution is 0.0864. The molecule has 0 radical (unpaired) electrons. The van der Waals surface area contributed by atoms with Crippen LogP contribution in [0.5, 0.6) is 17.2 Å². The Balaban J connectivity index is 2.01. The molecule has 3 N–H and O–H groups in total. The summed E-state index contributed by atoms with van der Waals surface area (Å²) in [6, 6.07) is 12.5. The molecule has 2 atom stereocenters. The zero-order valence-electron chi connectivity index (χ0n) is 10.2. The van der Waals surface area contributed by atoms with E-state index in [1.807, 2.05) is 30.3 Å². The summed E-state index contributed by atoms with van der Waals surface area (Å²) >= 11 is 0. The van der Waals surface area contributed by atoms with Crippen molar-refractivity contribution in [2.75, 3.05) is 6.61 Å². The Hall–Kier alpha value is -2.20. The highest BCUT2D eigenvalue weighted by Crippen LogP contribution is 2.47. The molecule has 2 aromatic carbocycles. The van der Waals surface area contributed by atoms with E-state index in [0.29, 0.717) is 5.56 Å². The average molecular weight is 258 g/mol. The van der Waals surface area contributed by atoms with Crippen LogP contribution in [0.4, 0.5) is 0 Å². The summed E-state index contributed by atoms with van der Waals surface area (Å²) in [5, 5.41) is 29.6. The standard InChI is InChI=1S/C15H14O4/c16-12-7-6-10-13(17)11(8-19-15(10)14(12)18)9-4-2-1-3-5-9/h1-7,11,13,16-18H,8H2. The average Bonchev–Trinajstić information content (AvgIpc) is 2.44. The molecule has 0 saturated heterocycles. The molecule has 2 unspecified atom stereocenters. The number of phenols is 2. The van der Waals surface area contributed by atoms with Crippen LogP contribution < -0.4 is 4.74 Å². The minimum absolute atomic E-state index is 0.166. The summed E-state index contributed by atoms with van der Waals surface area (Å²) in [7, 11) is 0. The van der Waals surface area contributed by atoms with Gasteiger partial charge in [-0.3, -0.25) is 0 Å². The number of benzene rings is 2. The van der Waals surface area contributed by atoms with Crippen LogP contribution >= 0.6 is 0 Å². The molecule has 2 aromatic rings. The molecule has 98 valence electrons. The number of hydrogen-bond donors (Lipinski definition) is 3. The SMILES string of the molecule is Oc1ccc2c(c1O)OCC(c1ccccc1)C2O. The van der Waals surface area contributed by atoms with E-state index in [9.17, 15) is 15.3 Å². The van der Waals surface area contributed by atoms with Crippen molar-refractivity contribution in [3.63, 3.8) is 0 Å². The van der Waals surface area contributed by atoms with Crippen LogP contribution in [0.15, 0.2) is 42.5 Å². The number of fused-ring (bicyclic) bond motifs is 1. The van der Waals surface area contributed by atoms with Gasteiger partial charge in [-0.1, -0.05) is 30.3 Å². The number of aromatic hydroxyl groups is 2. The minimum Gasteiger partial charge on any atom is -0.504 e. The Labute approximate surface area is 110 Å². The van der Waals surface area contributed by atoms with Crippen LogP contribution in [-0.2, 0) is 0 Å². The van der Waals surface area contributed by atoms with Gasteiger partial charge < -0.3 is 20.1 Å². The fraction of sp³-hybridized carbons (Fsp3) is 0.200. The second-order valence-electron chi connectivity index (χ2n) is 4.62. The van der Waals surface area contributed by atoms with Crippen molar-refractivity contribution in [2.45, 2.75) is 12.0 Å². The van der Waals surface area contributed by atoms with Gasteiger partial charge in [0.1, 0.15) is 0 Å². The zero-order valence-corrected chi connectivity index (χ0v) is 10.2. The molecule has 0 aromatic heterocycles. The van der Waals surface area contributed by atoms with E-state index in [0.717, 1.165) is 5.56 Å². The van der Waals surface area contributed by atoms with E-state index in [2.05, 4.69) is 0 Å². The monoisotopic (exact) mass is 258 g/mol. The molecule has 3 rings (SSSR count). The van der Waals surface area contributed by atoms with Gasteiger partial charge in [0, 0.05) is 11.5 Å². The Kier molecular flexibility index (Phi) is 2.80. The predicted octanol–water partition coefficient (Wildman–Crippen LogP) is 2.31. The van der Waals surface area contributed by atoms with Gasteiger partial charge in [0.2, 0.25) is 5.75 Å². The van der Waals surface area contributed by atoms with Crippen molar-refractivity contribution in [1.82, 2.24) is 0 Å². The van der Waals surface area contributed by atoms with Gasteiger partial charge in [-0.15, -0.1) is 0 Å². The number of phenolic OH excluding ortho intramolecular Hbond substituents is 2. The number of aliphatic hydroxyl groups excluding tert-OH is 1. The summed E-state index contributed by atoms with van der Waals surface area (Å²) in [4.78, 5) is 0. The number of aliphatic hydroxyl groups is 1. The maximum atomic E-state index is 10.4. The molecule has 0 saturated carbocycles. The molecule has 1 aliphatic rings. The van der Waals surface area contributed by atoms with Crippen LogP contribution in [0.25, 0.3) is 0 Å². The minimum atomic E-state index is -0.766. The molecule has 1 heterocycles. The first kappa shape index (κ1) is 11.9. The lowest BCUT2D eigenvalue weighted by Crippen LogP contribution is -2.24. The quantitative estimate of drug-likeness (QED) is 0.686. The van der Waals surface area contributed by atoms with E-state index in [-0.39, 0.29) is 29.8 Å². The smallest absolute Gasteiger partial charge is 0.200 e. The third kappa shape index (κ3) is 1.90. The summed E-state index contributed by atoms with van der Waals surface area (Å²) < 4.78 is 5.50. The normalized spacial score (nSPS) is 21.5. The second kappa shape index (κ2) is 4.48. The van der Waals surface area contributed by atoms with Crippen LogP contribution in [0, 0.1) is 0 Å². The first-order valence-corrected chi connectivity index (χ1v) is 6.09. The van der Waals surface area contributed by atoms with Gasteiger partial charge in [0.05, 0.1) is 12.7 Å². The third-order valence-electron chi connectivity index (χ3n) is 3.48. The number of hydrogen-bond acceptors (Lipinski definition) is 4. The predicted molar refractivity (Wildman–Crippen MR) is 69.4 cm³/mol. The Morgan fingerprint density at radius 2 is 1.74 bits per heavy atom. The van der Waals surface area contributed by atoms with Crippen molar-refractivity contribution in [3.05, 3.63) is 53.6 Å². The molecule has 19 heavy (non-hydrogen) atoms. The third-order valence-corrected chi connectivity index (χ3v) is 3.48. The Morgan fingerprint density at radius 1 is 1.00 bits per heavy atom. The van der Waals surface area contributed by atoms with Gasteiger partial charge in [-0.2, -0.15) is 0 Å². The summed E-state index contributed by atoms with van der Waals surface area (Å²) in [6.07, 6.45) is -0.766. The Morgan fingerprint density at radius 3 is 2.47 bits per heavy atom. The highest BCUT2D eigenvalue weighted by molar-refractivity contribution is 5.56. The molecule has 0 bridgehead atoms. The highest BCUT2D eigenvalue weighted by atomic mass is 16.5. The van der Waals surface area contributed by atoms with Gasteiger partial charge >= 0.3 is 0 Å². The van der Waals surface area contributed by atoms with Crippen molar-refractivity contribution in [1.29, 1.82) is 0 Å². The van der Waals surface area contributed by atoms with Crippen molar-refractivity contribution >= 4 is 0 Å². The summed E-state index contributed by atoms with van der Waals surface area (Å²) in [5.41, 5.74) is 1.48. The molecule has 0 fully saturated rings. The van der Waals surface area contributed by atoms with Gasteiger partial charge in [0.15, 0.2) is 11.5 Å². The fourth-order valence-electron chi connectivity index (χ4n) is 2.42. The molecule has 4 heteroatoms. The van der Waals surface area contributed by atoms with Crippen LogP contribution in [0.1, 0.15) is 23.1 Å². The topological polar surface area (TPSA) is 69.9 Å². The van der Waals surface area contributed by atoms with Gasteiger partial charge in [-0.25, -0.2) is 0 Å². The number of ether oxygens (including phenoxy) is 1. The lowest BCUT2D eigenvalue weighted by atomic mass is 9.87. The highest BCUT2D eigenvalue weighted by Gasteiger charge is 2.32. The summed E-state index contributed by atoms with van der Waals surface area (Å²) in [5.74, 6) is -0.579. The fourth-order valence-corrected chi connectivity index (χ4v) is 2.42. The van der Waals surface area contributed by atoms with Gasteiger partial charge in [0.25, 0.3) is 0 Å². The largest absolute Gasteiger partial charge is 0.504 e. The first-order valence-electron chi connectivity index (χ1n) is 6.09. The summed E-state index contributed by atoms with van der Waals surface area (Å²) in [6.45, 7) is 0.259. The number of rotatable bonds is 1. The maximum Gasteiger partial charge on any atom is 0.200 e. The molecular formula is C15H14O4. The molecule has 0 spiro atoms.